The molecule has 0 amide bonds. The fourth-order valence-electron chi connectivity index (χ4n) is 4.25. The summed E-state index contributed by atoms with van der Waals surface area (Å²) in [6.45, 7) is 7.10. The topological polar surface area (TPSA) is 118 Å². The minimum atomic E-state index is -3.72. The number of fused-ring (bicyclic) bond motifs is 3. The first-order valence-electron chi connectivity index (χ1n) is 10.2. The molecule has 30 heavy (non-hydrogen) atoms. The minimum absolute atomic E-state index is 0.396. The van der Waals surface area contributed by atoms with E-state index in [1.807, 2.05) is 25.1 Å². The van der Waals surface area contributed by atoms with Crippen molar-refractivity contribution < 1.29 is 17.9 Å². The lowest BCUT2D eigenvalue weighted by atomic mass is 9.93. The van der Waals surface area contributed by atoms with E-state index in [-0.39, 0.29) is 0 Å². The molecule has 0 bridgehead atoms. The van der Waals surface area contributed by atoms with E-state index >= 15 is 0 Å². The fraction of sp³-hybridized carbons (Fsp3) is 0.500. The number of benzene rings is 1. The number of nitrogens with two attached hydrogens (primary N) is 2. The molecule has 2 aliphatic rings. The Morgan fingerprint density at radius 3 is 2.63 bits per heavy atom. The summed E-state index contributed by atoms with van der Waals surface area (Å²) < 4.78 is 34.9. The van der Waals surface area contributed by atoms with E-state index in [4.69, 9.17) is 20.3 Å². The van der Waals surface area contributed by atoms with Crippen LogP contribution in [0.1, 0.15) is 51.3 Å². The third-order valence-electron chi connectivity index (χ3n) is 5.78. The Labute approximate surface area is 177 Å². The number of ether oxygens (including phenoxy) is 2. The molecule has 1 aliphatic heterocycles. The summed E-state index contributed by atoms with van der Waals surface area (Å²) in [7, 11) is -3.72. The second-order valence-electron chi connectivity index (χ2n) is 9.25. The third kappa shape index (κ3) is 3.91. The Balaban J connectivity index is 1.60. The van der Waals surface area contributed by atoms with Gasteiger partial charge >= 0.3 is 0 Å². The van der Waals surface area contributed by atoms with Crippen LogP contribution < -0.4 is 20.3 Å². The van der Waals surface area contributed by atoms with Gasteiger partial charge in [-0.25, -0.2) is 13.6 Å². The van der Waals surface area contributed by atoms with Gasteiger partial charge in [-0.05, 0) is 55.9 Å². The standard InChI is InChI=1S/C22H29N3O4S/c1-14(2)10-21(3,23)13-29-16-4-5-17-15(8-16)12-28-19-11-25-20(9-18(17)19)22(6-7-22)30(24,26)27/h4-5,8-9,11,14H,6-7,10,12-13,23H2,1-3H3,(H2,24,26,27). The van der Waals surface area contributed by atoms with Crippen LogP contribution in [0.25, 0.3) is 11.1 Å². The molecule has 2 aromatic rings. The summed E-state index contributed by atoms with van der Waals surface area (Å²) in [6.07, 6.45) is 3.45. The maximum atomic E-state index is 12.1. The van der Waals surface area contributed by atoms with Gasteiger partial charge in [-0.1, -0.05) is 19.9 Å². The maximum Gasteiger partial charge on any atom is 0.220 e. The molecule has 1 atom stereocenters. The van der Waals surface area contributed by atoms with Crippen molar-refractivity contribution in [2.75, 3.05) is 6.61 Å². The van der Waals surface area contributed by atoms with Crippen molar-refractivity contribution in [1.82, 2.24) is 4.98 Å². The van der Waals surface area contributed by atoms with Crippen LogP contribution in [0.5, 0.6) is 11.5 Å². The van der Waals surface area contributed by atoms with Gasteiger partial charge in [0.1, 0.15) is 29.5 Å². The lowest BCUT2D eigenvalue weighted by Crippen LogP contribution is -2.43. The third-order valence-corrected chi connectivity index (χ3v) is 7.48. The number of pyridine rings is 1. The maximum absolute atomic E-state index is 12.1. The molecule has 8 heteroatoms. The van der Waals surface area contributed by atoms with Crippen LogP contribution >= 0.6 is 0 Å². The lowest BCUT2D eigenvalue weighted by Gasteiger charge is -2.27. The average molecular weight is 432 g/mol. The summed E-state index contributed by atoms with van der Waals surface area (Å²) in [4.78, 5) is 4.34. The first kappa shape index (κ1) is 21.1. The number of sulfonamides is 1. The SMILES string of the molecule is CC(C)CC(C)(N)COc1ccc2c(c1)COc1cnc(C3(S(N)(=O)=O)CC3)cc1-2. The van der Waals surface area contributed by atoms with Gasteiger partial charge in [0.05, 0.1) is 11.9 Å². The summed E-state index contributed by atoms with van der Waals surface area (Å²) in [6, 6.07) is 7.63. The zero-order chi connectivity index (χ0) is 21.7. The van der Waals surface area contributed by atoms with Gasteiger partial charge in [-0.2, -0.15) is 0 Å². The molecule has 4 N–H and O–H groups in total. The van der Waals surface area contributed by atoms with E-state index in [1.54, 1.807) is 12.3 Å². The molecule has 1 aromatic heterocycles. The van der Waals surface area contributed by atoms with Gasteiger partial charge in [0.25, 0.3) is 0 Å². The van der Waals surface area contributed by atoms with Crippen LogP contribution in [-0.4, -0.2) is 25.5 Å². The molecule has 7 nitrogen and oxygen atoms in total. The lowest BCUT2D eigenvalue weighted by molar-refractivity contribution is 0.206. The highest BCUT2D eigenvalue weighted by Gasteiger charge is 2.56. The van der Waals surface area contributed by atoms with Crippen molar-refractivity contribution >= 4 is 10.0 Å². The molecule has 0 radical (unpaired) electrons. The first-order chi connectivity index (χ1) is 14.0. The predicted molar refractivity (Wildman–Crippen MR) is 116 cm³/mol. The van der Waals surface area contributed by atoms with Gasteiger partial charge < -0.3 is 15.2 Å². The number of aromatic nitrogens is 1. The zero-order valence-electron chi connectivity index (χ0n) is 17.6. The van der Waals surface area contributed by atoms with Gasteiger partial charge in [0.2, 0.25) is 10.0 Å². The van der Waals surface area contributed by atoms with Crippen molar-refractivity contribution in [1.29, 1.82) is 0 Å². The minimum Gasteiger partial charge on any atom is -0.492 e. The quantitative estimate of drug-likeness (QED) is 0.696. The molecule has 0 saturated heterocycles. The molecular weight excluding hydrogens is 402 g/mol. The van der Waals surface area contributed by atoms with Crippen LogP contribution in [0.3, 0.4) is 0 Å². The second-order valence-corrected chi connectivity index (χ2v) is 11.1. The molecule has 1 aromatic carbocycles. The number of nitrogens with zero attached hydrogens (tertiary/aromatic N) is 1. The molecule has 1 unspecified atom stereocenters. The van der Waals surface area contributed by atoms with Crippen molar-refractivity contribution in [2.24, 2.45) is 16.8 Å². The molecule has 1 aliphatic carbocycles. The summed E-state index contributed by atoms with van der Waals surface area (Å²) >= 11 is 0. The first-order valence-corrected chi connectivity index (χ1v) is 11.8. The Morgan fingerprint density at radius 2 is 2.00 bits per heavy atom. The molecule has 1 fully saturated rings. The van der Waals surface area contributed by atoms with Crippen molar-refractivity contribution in [3.8, 4) is 22.6 Å². The molecular formula is C22H29N3O4S. The number of hydrogen-bond acceptors (Lipinski definition) is 6. The van der Waals surface area contributed by atoms with E-state index in [0.717, 1.165) is 28.9 Å². The summed E-state index contributed by atoms with van der Waals surface area (Å²) in [5.74, 6) is 1.86. The van der Waals surface area contributed by atoms with E-state index in [0.29, 0.717) is 43.4 Å². The molecule has 1 saturated carbocycles. The second kappa shape index (κ2) is 7.21. The highest BCUT2D eigenvalue weighted by molar-refractivity contribution is 7.90. The Bertz CT molecular complexity index is 1080. The van der Waals surface area contributed by atoms with E-state index in [9.17, 15) is 8.42 Å². The summed E-state index contributed by atoms with van der Waals surface area (Å²) in [5, 5.41) is 5.47. The van der Waals surface area contributed by atoms with E-state index < -0.39 is 20.3 Å². The largest absolute Gasteiger partial charge is 0.492 e. The van der Waals surface area contributed by atoms with Crippen molar-refractivity contribution in [3.05, 3.63) is 41.7 Å². The molecule has 0 spiro atoms. The van der Waals surface area contributed by atoms with Crippen molar-refractivity contribution in [2.45, 2.75) is 56.9 Å². The van der Waals surface area contributed by atoms with Crippen molar-refractivity contribution in [3.63, 3.8) is 0 Å². The van der Waals surface area contributed by atoms with Gasteiger partial charge in [-0.15, -0.1) is 0 Å². The zero-order valence-corrected chi connectivity index (χ0v) is 18.5. The van der Waals surface area contributed by atoms with Crippen LogP contribution in [-0.2, 0) is 21.4 Å². The number of rotatable bonds is 7. The van der Waals surface area contributed by atoms with Crippen LogP contribution in [0.4, 0.5) is 0 Å². The normalized spacial score (nSPS) is 18.7. The Morgan fingerprint density at radius 1 is 1.27 bits per heavy atom. The highest BCUT2D eigenvalue weighted by atomic mass is 32.2. The van der Waals surface area contributed by atoms with E-state index in [2.05, 4.69) is 18.8 Å². The Hall–Kier alpha value is -2.16. The van der Waals surface area contributed by atoms with Gasteiger partial charge in [-0.3, -0.25) is 4.98 Å². The number of primary sulfonamides is 1. The van der Waals surface area contributed by atoms with Gasteiger partial charge in [0.15, 0.2) is 0 Å². The predicted octanol–water partition coefficient (Wildman–Crippen LogP) is 3.06. The Kier molecular flexibility index (Phi) is 5.07. The average Bonchev–Trinajstić information content (AvgIpc) is 3.47. The molecule has 4 rings (SSSR count). The number of hydrogen-bond donors (Lipinski definition) is 2. The van der Waals surface area contributed by atoms with E-state index in [1.165, 1.54) is 0 Å². The summed E-state index contributed by atoms with van der Waals surface area (Å²) in [5.41, 5.74) is 9.21. The van der Waals surface area contributed by atoms with Crippen LogP contribution in [0.2, 0.25) is 0 Å². The van der Waals surface area contributed by atoms with Crippen LogP contribution in [0.15, 0.2) is 30.5 Å². The molecule has 162 valence electrons. The smallest absolute Gasteiger partial charge is 0.220 e. The fourth-order valence-corrected chi connectivity index (χ4v) is 5.33. The molecule has 2 heterocycles. The van der Waals surface area contributed by atoms with Gasteiger partial charge in [0, 0.05) is 16.7 Å². The monoisotopic (exact) mass is 431 g/mol. The van der Waals surface area contributed by atoms with Crippen LogP contribution in [0, 0.1) is 5.92 Å². The highest BCUT2D eigenvalue weighted by Crippen LogP contribution is 2.52.